The quantitative estimate of drug-likeness (QED) is 0.469. The smallest absolute Gasteiger partial charge is 0.356 e. The number of nitriles is 1. The van der Waals surface area contributed by atoms with Crippen LogP contribution in [0.1, 0.15) is 16.1 Å². The summed E-state index contributed by atoms with van der Waals surface area (Å²) in [5, 5.41) is 22.7. The fourth-order valence-corrected chi connectivity index (χ4v) is 2.88. The lowest BCUT2D eigenvalue weighted by Gasteiger charge is -2.09. The highest BCUT2D eigenvalue weighted by molar-refractivity contribution is 5.95. The Morgan fingerprint density at radius 3 is 2.52 bits per heavy atom. The van der Waals surface area contributed by atoms with Crippen LogP contribution in [0.5, 0.6) is 0 Å². The van der Waals surface area contributed by atoms with Crippen LogP contribution < -0.4 is 5.32 Å². The van der Waals surface area contributed by atoms with Gasteiger partial charge in [-0.05, 0) is 18.2 Å². The lowest BCUT2D eigenvalue weighted by atomic mass is 10.1. The maximum Gasteiger partial charge on any atom is 0.356 e. The summed E-state index contributed by atoms with van der Waals surface area (Å²) in [4.78, 5) is 24.6. The number of carbonyl (C=O) groups excluding carboxylic acids is 2. The molecule has 0 radical (unpaired) electrons. The van der Waals surface area contributed by atoms with Gasteiger partial charge >= 0.3 is 5.97 Å². The predicted molar refractivity (Wildman–Crippen MR) is 111 cm³/mol. The highest BCUT2D eigenvalue weighted by atomic mass is 16.5. The van der Waals surface area contributed by atoms with Crippen LogP contribution in [0.2, 0.25) is 0 Å². The van der Waals surface area contributed by atoms with E-state index >= 15 is 0 Å². The molecule has 0 fully saturated rings. The number of ether oxygens (including phenoxy) is 1. The molecular weight excluding hydrogens is 396 g/mol. The highest BCUT2D eigenvalue weighted by Gasteiger charge is 2.18. The molecule has 4 aromatic rings. The molecular formula is C22H16N6O3. The summed E-state index contributed by atoms with van der Waals surface area (Å²) in [6.07, 6.45) is 1.35. The molecule has 2 aromatic heterocycles. The minimum atomic E-state index is -0.720. The molecule has 4 rings (SSSR count). The van der Waals surface area contributed by atoms with Crippen molar-refractivity contribution >= 4 is 17.7 Å². The zero-order chi connectivity index (χ0) is 21.6. The first kappa shape index (κ1) is 19.6. The molecule has 9 heteroatoms. The second-order valence-corrected chi connectivity index (χ2v) is 6.42. The van der Waals surface area contributed by atoms with Crippen LogP contribution in [0.3, 0.4) is 0 Å². The Morgan fingerprint density at radius 1 is 1.10 bits per heavy atom. The van der Waals surface area contributed by atoms with Crippen molar-refractivity contribution in [2.75, 3.05) is 11.9 Å². The summed E-state index contributed by atoms with van der Waals surface area (Å²) in [7, 11) is 0. The third-order valence-corrected chi connectivity index (χ3v) is 4.35. The molecule has 2 aromatic carbocycles. The first-order chi connectivity index (χ1) is 15.2. The molecule has 0 bridgehead atoms. The number of hydrogen-bond acceptors (Lipinski definition) is 6. The number of benzene rings is 2. The summed E-state index contributed by atoms with van der Waals surface area (Å²) in [6.45, 7) is -0.538. The van der Waals surface area contributed by atoms with Crippen molar-refractivity contribution < 1.29 is 14.3 Å². The van der Waals surface area contributed by atoms with E-state index in [0.29, 0.717) is 11.4 Å². The lowest BCUT2D eigenvalue weighted by molar-refractivity contribution is -0.119. The number of hydrogen-bond donors (Lipinski definition) is 2. The lowest BCUT2D eigenvalue weighted by Crippen LogP contribution is -2.23. The fraction of sp³-hybridized carbons (Fsp3) is 0.0455. The first-order valence-corrected chi connectivity index (χ1v) is 9.27. The van der Waals surface area contributed by atoms with Crippen LogP contribution in [0, 0.1) is 11.3 Å². The number of para-hydroxylation sites is 1. The van der Waals surface area contributed by atoms with Gasteiger partial charge in [0.25, 0.3) is 5.91 Å². The molecule has 0 aliphatic carbocycles. The third-order valence-electron chi connectivity index (χ3n) is 4.35. The third kappa shape index (κ3) is 4.33. The van der Waals surface area contributed by atoms with Gasteiger partial charge in [0.2, 0.25) is 0 Å². The summed E-state index contributed by atoms with van der Waals surface area (Å²) in [5.41, 5.74) is 2.40. The second-order valence-electron chi connectivity index (χ2n) is 6.42. The Bertz CT molecular complexity index is 1260. The monoisotopic (exact) mass is 412 g/mol. The zero-order valence-corrected chi connectivity index (χ0v) is 16.1. The number of nitrogens with one attached hydrogen (secondary N) is 2. The number of carbonyl (C=O) groups is 2. The van der Waals surface area contributed by atoms with E-state index in [-0.39, 0.29) is 17.1 Å². The maximum atomic E-state index is 12.4. The van der Waals surface area contributed by atoms with E-state index in [1.54, 1.807) is 18.2 Å². The Hall–Kier alpha value is -4.71. The summed E-state index contributed by atoms with van der Waals surface area (Å²) >= 11 is 0. The topological polar surface area (TPSA) is 126 Å². The maximum absolute atomic E-state index is 12.4. The van der Waals surface area contributed by atoms with E-state index in [2.05, 4.69) is 20.6 Å². The molecule has 0 unspecified atom stereocenters. The molecule has 31 heavy (non-hydrogen) atoms. The van der Waals surface area contributed by atoms with E-state index in [9.17, 15) is 14.9 Å². The van der Waals surface area contributed by atoms with E-state index in [0.717, 1.165) is 5.56 Å². The fourth-order valence-electron chi connectivity index (χ4n) is 2.88. The van der Waals surface area contributed by atoms with Crippen LogP contribution in [-0.4, -0.2) is 38.5 Å². The number of nitrogens with zero attached hydrogens (tertiary/aromatic N) is 4. The SMILES string of the molecule is N#Cc1cnn(-c2ccccc2)c1NC(=O)COC(=O)c1cc(-c2ccccc2)n[nH]1. The minimum absolute atomic E-state index is 0.124. The number of anilines is 1. The number of esters is 1. The predicted octanol–water partition coefficient (Wildman–Crippen LogP) is 2.93. The number of aromatic amines is 1. The van der Waals surface area contributed by atoms with Gasteiger partial charge in [0.15, 0.2) is 12.4 Å². The van der Waals surface area contributed by atoms with Crippen molar-refractivity contribution in [3.05, 3.63) is 84.2 Å². The van der Waals surface area contributed by atoms with Crippen molar-refractivity contribution in [1.82, 2.24) is 20.0 Å². The number of aromatic nitrogens is 4. The normalized spacial score (nSPS) is 10.3. The molecule has 0 saturated heterocycles. The van der Waals surface area contributed by atoms with Crippen LogP contribution >= 0.6 is 0 Å². The molecule has 152 valence electrons. The van der Waals surface area contributed by atoms with E-state index < -0.39 is 18.5 Å². The number of amides is 1. The summed E-state index contributed by atoms with van der Waals surface area (Å²) in [6, 6.07) is 21.9. The van der Waals surface area contributed by atoms with Crippen LogP contribution in [0.4, 0.5) is 5.82 Å². The van der Waals surface area contributed by atoms with Crippen molar-refractivity contribution in [2.24, 2.45) is 0 Å². The van der Waals surface area contributed by atoms with Crippen molar-refractivity contribution in [1.29, 1.82) is 5.26 Å². The minimum Gasteiger partial charge on any atom is -0.451 e. The molecule has 0 saturated carbocycles. The Kier molecular flexibility index (Phi) is 5.53. The molecule has 9 nitrogen and oxygen atoms in total. The molecule has 2 heterocycles. The van der Waals surface area contributed by atoms with Gasteiger partial charge in [0, 0.05) is 5.56 Å². The Labute approximate surface area is 176 Å². The average Bonchev–Trinajstić information content (AvgIpc) is 3.46. The van der Waals surface area contributed by atoms with Gasteiger partial charge in [0.1, 0.15) is 17.3 Å². The van der Waals surface area contributed by atoms with Gasteiger partial charge in [0.05, 0.1) is 17.6 Å². The van der Waals surface area contributed by atoms with Crippen LogP contribution in [-0.2, 0) is 9.53 Å². The molecule has 0 aliphatic heterocycles. The van der Waals surface area contributed by atoms with Gasteiger partial charge in [-0.1, -0.05) is 48.5 Å². The molecule has 0 atom stereocenters. The van der Waals surface area contributed by atoms with Gasteiger partial charge in [-0.25, -0.2) is 9.48 Å². The summed E-state index contributed by atoms with van der Waals surface area (Å²) in [5.74, 6) is -1.13. The van der Waals surface area contributed by atoms with Crippen LogP contribution in [0.25, 0.3) is 16.9 Å². The summed E-state index contributed by atoms with van der Waals surface area (Å²) < 4.78 is 6.50. The highest BCUT2D eigenvalue weighted by Crippen LogP contribution is 2.20. The second kappa shape index (κ2) is 8.75. The van der Waals surface area contributed by atoms with Gasteiger partial charge in [-0.15, -0.1) is 0 Å². The van der Waals surface area contributed by atoms with Crippen LogP contribution in [0.15, 0.2) is 72.9 Å². The van der Waals surface area contributed by atoms with Gasteiger partial charge in [-0.2, -0.15) is 15.5 Å². The van der Waals surface area contributed by atoms with Gasteiger partial charge in [-0.3, -0.25) is 9.89 Å². The van der Waals surface area contributed by atoms with E-state index in [4.69, 9.17) is 4.74 Å². The Morgan fingerprint density at radius 2 is 1.81 bits per heavy atom. The van der Waals surface area contributed by atoms with Crippen molar-refractivity contribution in [3.63, 3.8) is 0 Å². The van der Waals surface area contributed by atoms with E-state index in [1.165, 1.54) is 10.9 Å². The zero-order valence-electron chi connectivity index (χ0n) is 16.1. The molecule has 0 aliphatic rings. The largest absolute Gasteiger partial charge is 0.451 e. The molecule has 2 N–H and O–H groups in total. The van der Waals surface area contributed by atoms with Crippen molar-refractivity contribution in [2.45, 2.75) is 0 Å². The molecule has 1 amide bonds. The number of H-pyrrole nitrogens is 1. The number of rotatable bonds is 6. The molecule has 0 spiro atoms. The standard InChI is InChI=1S/C22H16N6O3/c23-12-16-13-24-28(17-9-5-2-6-10-17)21(16)25-20(29)14-31-22(30)19-11-18(26-27-19)15-7-3-1-4-8-15/h1-11,13H,14H2,(H,25,29)(H,26,27). The van der Waals surface area contributed by atoms with E-state index in [1.807, 2.05) is 54.6 Å². The van der Waals surface area contributed by atoms with Crippen molar-refractivity contribution in [3.8, 4) is 23.0 Å². The first-order valence-electron chi connectivity index (χ1n) is 9.27. The van der Waals surface area contributed by atoms with Gasteiger partial charge < -0.3 is 10.1 Å². The average molecular weight is 412 g/mol. The Balaban J connectivity index is 1.41.